The van der Waals surface area contributed by atoms with Crippen molar-refractivity contribution in [2.75, 3.05) is 0 Å². The number of nitrogens with one attached hydrogen (secondary N) is 1. The number of benzene rings is 2. The Morgan fingerprint density at radius 3 is 2.52 bits per heavy atom. The van der Waals surface area contributed by atoms with E-state index in [1.54, 1.807) is 12.3 Å². The van der Waals surface area contributed by atoms with Crippen LogP contribution < -0.4 is 10.9 Å². The number of carbonyl (C=O) groups excluding carboxylic acids is 1. The van der Waals surface area contributed by atoms with Gasteiger partial charge in [-0.3, -0.25) is 4.79 Å². The van der Waals surface area contributed by atoms with Crippen LogP contribution in [0.3, 0.4) is 0 Å². The molecule has 0 aliphatic rings. The van der Waals surface area contributed by atoms with Crippen molar-refractivity contribution in [1.29, 1.82) is 0 Å². The fraction of sp³-hybridized carbons (Fsp3) is 0.333. The highest BCUT2D eigenvalue weighted by atomic mass is 35.5. The summed E-state index contributed by atoms with van der Waals surface area (Å²) >= 11 is 5.99. The van der Waals surface area contributed by atoms with Crippen molar-refractivity contribution in [2.45, 2.75) is 59.4 Å². The quantitative estimate of drug-likeness (QED) is 0.348. The molecule has 0 fully saturated rings. The maximum absolute atomic E-state index is 12.8. The summed E-state index contributed by atoms with van der Waals surface area (Å²) in [6, 6.07) is 9.39. The lowest BCUT2D eigenvalue weighted by Crippen LogP contribution is -2.24. The molecule has 2 heterocycles. The van der Waals surface area contributed by atoms with Gasteiger partial charge in [0.05, 0.1) is 6.26 Å². The van der Waals surface area contributed by atoms with Crippen LogP contribution in [-0.4, -0.2) is 5.91 Å². The minimum absolute atomic E-state index is 0.0845. The van der Waals surface area contributed by atoms with Crippen LogP contribution >= 0.6 is 11.6 Å². The predicted molar refractivity (Wildman–Crippen MR) is 132 cm³/mol. The number of aryl methyl sites for hydroxylation is 2. The fourth-order valence-corrected chi connectivity index (χ4v) is 4.45. The average molecular weight is 466 g/mol. The summed E-state index contributed by atoms with van der Waals surface area (Å²) in [6.45, 7) is 10.6. The Bertz CT molecular complexity index is 1420. The van der Waals surface area contributed by atoms with Gasteiger partial charge in [-0.05, 0) is 55.0 Å². The first-order valence-corrected chi connectivity index (χ1v) is 11.4. The van der Waals surface area contributed by atoms with Crippen molar-refractivity contribution in [3.8, 4) is 0 Å². The lowest BCUT2D eigenvalue weighted by molar-refractivity contribution is -0.121. The number of furan rings is 1. The van der Waals surface area contributed by atoms with Gasteiger partial charge in [-0.25, -0.2) is 4.79 Å². The van der Waals surface area contributed by atoms with E-state index in [9.17, 15) is 9.59 Å². The summed E-state index contributed by atoms with van der Waals surface area (Å²) in [6.07, 6.45) is 2.28. The van der Waals surface area contributed by atoms with Gasteiger partial charge in [0.2, 0.25) is 5.91 Å². The zero-order valence-electron chi connectivity index (χ0n) is 19.6. The molecule has 0 unspecified atom stereocenters. The molecule has 0 saturated carbocycles. The number of rotatable bonds is 5. The Labute approximate surface area is 197 Å². The SMILES string of the molecule is Cc1c(CCC(=O)NCc2cccc(Cl)c2)c(=O)oc2c(C)c3occ(C(C)(C)C)c3cc12. The Kier molecular flexibility index (Phi) is 6.10. The van der Waals surface area contributed by atoms with Crippen molar-refractivity contribution in [2.24, 2.45) is 0 Å². The monoisotopic (exact) mass is 465 g/mol. The van der Waals surface area contributed by atoms with E-state index < -0.39 is 5.63 Å². The third-order valence-corrected chi connectivity index (χ3v) is 6.37. The van der Waals surface area contributed by atoms with E-state index in [-0.39, 0.29) is 17.7 Å². The fourth-order valence-electron chi connectivity index (χ4n) is 4.24. The highest BCUT2D eigenvalue weighted by Crippen LogP contribution is 2.37. The van der Waals surface area contributed by atoms with Crippen LogP contribution in [0.2, 0.25) is 5.02 Å². The zero-order chi connectivity index (χ0) is 23.9. The summed E-state index contributed by atoms with van der Waals surface area (Å²) in [5.74, 6) is -0.134. The van der Waals surface area contributed by atoms with E-state index in [4.69, 9.17) is 20.4 Å². The van der Waals surface area contributed by atoms with Crippen LogP contribution in [0.25, 0.3) is 21.9 Å². The molecule has 5 nitrogen and oxygen atoms in total. The molecule has 172 valence electrons. The molecule has 0 bridgehead atoms. The van der Waals surface area contributed by atoms with Gasteiger partial charge in [0.1, 0.15) is 11.2 Å². The summed E-state index contributed by atoms with van der Waals surface area (Å²) in [5, 5.41) is 5.41. The zero-order valence-corrected chi connectivity index (χ0v) is 20.4. The van der Waals surface area contributed by atoms with E-state index in [1.165, 1.54) is 0 Å². The summed E-state index contributed by atoms with van der Waals surface area (Å²) in [7, 11) is 0. The molecule has 0 radical (unpaired) electrons. The first-order valence-electron chi connectivity index (χ1n) is 11.0. The highest BCUT2D eigenvalue weighted by molar-refractivity contribution is 6.30. The molecule has 0 atom stereocenters. The van der Waals surface area contributed by atoms with Crippen LogP contribution in [0, 0.1) is 13.8 Å². The Morgan fingerprint density at radius 1 is 1.06 bits per heavy atom. The second-order valence-corrected chi connectivity index (χ2v) is 9.99. The van der Waals surface area contributed by atoms with Crippen LogP contribution in [0.5, 0.6) is 0 Å². The van der Waals surface area contributed by atoms with E-state index >= 15 is 0 Å². The Morgan fingerprint density at radius 2 is 1.82 bits per heavy atom. The van der Waals surface area contributed by atoms with Gasteiger partial charge < -0.3 is 14.2 Å². The van der Waals surface area contributed by atoms with Crippen LogP contribution in [0.15, 0.2) is 50.2 Å². The largest absolute Gasteiger partial charge is 0.464 e. The maximum atomic E-state index is 12.8. The van der Waals surface area contributed by atoms with E-state index in [1.807, 2.05) is 38.1 Å². The van der Waals surface area contributed by atoms with Crippen LogP contribution in [0.1, 0.15) is 55.0 Å². The van der Waals surface area contributed by atoms with Crippen molar-refractivity contribution < 1.29 is 13.6 Å². The van der Waals surface area contributed by atoms with Crippen molar-refractivity contribution in [1.82, 2.24) is 5.32 Å². The molecule has 0 aliphatic carbocycles. The van der Waals surface area contributed by atoms with Crippen molar-refractivity contribution in [3.05, 3.63) is 79.9 Å². The van der Waals surface area contributed by atoms with Gasteiger partial charge in [0, 0.05) is 45.5 Å². The van der Waals surface area contributed by atoms with Gasteiger partial charge in [0.25, 0.3) is 0 Å². The van der Waals surface area contributed by atoms with Crippen LogP contribution in [0.4, 0.5) is 0 Å². The Hall–Kier alpha value is -3.05. The molecule has 0 aliphatic heterocycles. The molecule has 33 heavy (non-hydrogen) atoms. The number of amides is 1. The molecule has 4 rings (SSSR count). The van der Waals surface area contributed by atoms with Gasteiger partial charge in [-0.1, -0.05) is 44.5 Å². The predicted octanol–water partition coefficient (Wildman–Crippen LogP) is 6.36. The standard InChI is InChI=1S/C27H28ClNO4/c1-15-19(9-10-23(30)29-13-17-7-6-8-18(28)11-17)26(31)33-25-16(2)24-21(12-20(15)25)22(14-32-24)27(3,4)5/h6-8,11-12,14H,9-10,13H2,1-5H3,(H,29,30). The topological polar surface area (TPSA) is 72.5 Å². The van der Waals surface area contributed by atoms with Gasteiger partial charge in [0.15, 0.2) is 0 Å². The first-order chi connectivity index (χ1) is 15.6. The molecule has 1 amide bonds. The third-order valence-electron chi connectivity index (χ3n) is 6.13. The minimum Gasteiger partial charge on any atom is -0.464 e. The highest BCUT2D eigenvalue weighted by Gasteiger charge is 2.23. The van der Waals surface area contributed by atoms with Gasteiger partial charge in [-0.15, -0.1) is 0 Å². The second-order valence-electron chi connectivity index (χ2n) is 9.55. The number of fused-ring (bicyclic) bond motifs is 2. The minimum atomic E-state index is -0.410. The van der Waals surface area contributed by atoms with Crippen molar-refractivity contribution >= 4 is 39.4 Å². The molecule has 0 spiro atoms. The molecule has 4 aromatic rings. The molecule has 0 saturated heterocycles. The van der Waals surface area contributed by atoms with Gasteiger partial charge >= 0.3 is 5.63 Å². The van der Waals surface area contributed by atoms with Gasteiger partial charge in [-0.2, -0.15) is 0 Å². The maximum Gasteiger partial charge on any atom is 0.339 e. The molecular weight excluding hydrogens is 438 g/mol. The molecule has 2 aromatic heterocycles. The third kappa shape index (κ3) is 4.55. The summed E-state index contributed by atoms with van der Waals surface area (Å²) in [4.78, 5) is 25.2. The summed E-state index contributed by atoms with van der Waals surface area (Å²) < 4.78 is 11.6. The number of hydrogen-bond donors (Lipinski definition) is 1. The number of halogens is 1. The number of hydrogen-bond acceptors (Lipinski definition) is 4. The molecule has 6 heteroatoms. The van der Waals surface area contributed by atoms with E-state index in [2.05, 4.69) is 26.1 Å². The number of carbonyl (C=O) groups is 1. The van der Waals surface area contributed by atoms with Crippen LogP contribution in [-0.2, 0) is 23.2 Å². The summed E-state index contributed by atoms with van der Waals surface area (Å²) in [5.41, 5.74) is 4.99. The first kappa shape index (κ1) is 23.1. The Balaban J connectivity index is 1.62. The van der Waals surface area contributed by atoms with E-state index in [0.29, 0.717) is 29.1 Å². The molecule has 2 aromatic carbocycles. The van der Waals surface area contributed by atoms with E-state index in [0.717, 1.165) is 38.6 Å². The molecular formula is C27H28ClNO4. The normalized spacial score (nSPS) is 11.9. The second kappa shape index (κ2) is 8.71. The smallest absolute Gasteiger partial charge is 0.339 e. The average Bonchev–Trinajstić information content (AvgIpc) is 3.18. The molecule has 1 N–H and O–H groups in total. The lowest BCUT2D eigenvalue weighted by Gasteiger charge is -2.17. The van der Waals surface area contributed by atoms with Crippen molar-refractivity contribution in [3.63, 3.8) is 0 Å². The lowest BCUT2D eigenvalue weighted by atomic mass is 9.86.